The third-order valence-corrected chi connectivity index (χ3v) is 4.14. The van der Waals surface area contributed by atoms with E-state index < -0.39 is 6.17 Å². The summed E-state index contributed by atoms with van der Waals surface area (Å²) in [6.07, 6.45) is 0.880. The molecule has 0 radical (unpaired) electrons. The zero-order chi connectivity index (χ0) is 15.7. The first-order valence-electron chi connectivity index (χ1n) is 7.54. The van der Waals surface area contributed by atoms with Crippen LogP contribution in [0.5, 0.6) is 0 Å². The molecule has 3 N–H and O–H groups in total. The maximum atomic E-state index is 13.5. The molecule has 3 atom stereocenters. The Bertz CT molecular complexity index is 673. The Morgan fingerprint density at radius 2 is 2.05 bits per heavy atom. The van der Waals surface area contributed by atoms with E-state index in [2.05, 4.69) is 45.4 Å². The Kier molecular flexibility index (Phi) is 3.92. The highest BCUT2D eigenvalue weighted by molar-refractivity contribution is 5.40. The van der Waals surface area contributed by atoms with Crippen molar-refractivity contribution in [3.8, 4) is 0 Å². The topological polar surface area (TPSA) is 76.7 Å². The van der Waals surface area contributed by atoms with Gasteiger partial charge in [-0.1, -0.05) is 31.2 Å². The number of fused-ring (bicyclic) bond motifs is 1. The Labute approximate surface area is 129 Å². The van der Waals surface area contributed by atoms with Crippen LogP contribution in [0.3, 0.4) is 0 Å². The van der Waals surface area contributed by atoms with E-state index in [-0.39, 0.29) is 17.8 Å². The smallest absolute Gasteiger partial charge is 0.228 e. The van der Waals surface area contributed by atoms with Gasteiger partial charge in [-0.25, -0.2) is 4.39 Å². The molecule has 1 aliphatic rings. The van der Waals surface area contributed by atoms with E-state index in [9.17, 15) is 4.39 Å². The molecule has 0 amide bonds. The van der Waals surface area contributed by atoms with Crippen LogP contribution in [0.15, 0.2) is 24.3 Å². The lowest BCUT2D eigenvalue weighted by Crippen LogP contribution is -2.26. The fourth-order valence-corrected chi connectivity index (χ4v) is 2.93. The van der Waals surface area contributed by atoms with Gasteiger partial charge in [0.2, 0.25) is 11.9 Å². The maximum Gasteiger partial charge on any atom is 0.228 e. The van der Waals surface area contributed by atoms with E-state index in [4.69, 9.17) is 5.73 Å². The third kappa shape index (κ3) is 2.86. The van der Waals surface area contributed by atoms with Gasteiger partial charge in [0.15, 0.2) is 12.0 Å². The summed E-state index contributed by atoms with van der Waals surface area (Å²) >= 11 is 0. The number of nitrogens with zero attached hydrogens (tertiary/aromatic N) is 3. The van der Waals surface area contributed by atoms with Crippen LogP contribution in [-0.2, 0) is 6.42 Å². The van der Waals surface area contributed by atoms with Gasteiger partial charge in [-0.05, 0) is 36.8 Å². The minimum absolute atomic E-state index is 0.0359. The van der Waals surface area contributed by atoms with Crippen LogP contribution in [0.25, 0.3) is 0 Å². The normalized spacial score (nSPS) is 22.0. The second kappa shape index (κ2) is 5.87. The van der Waals surface area contributed by atoms with Crippen molar-refractivity contribution in [1.82, 2.24) is 15.0 Å². The first-order chi connectivity index (χ1) is 10.5. The Balaban J connectivity index is 1.93. The van der Waals surface area contributed by atoms with Crippen LogP contribution in [-0.4, -0.2) is 15.0 Å². The van der Waals surface area contributed by atoms with Crippen molar-refractivity contribution >= 4 is 11.9 Å². The molecule has 0 saturated heterocycles. The fraction of sp³-hybridized carbons (Fsp3) is 0.438. The number of alkyl halides is 1. The van der Waals surface area contributed by atoms with Crippen molar-refractivity contribution in [2.24, 2.45) is 5.92 Å². The highest BCUT2D eigenvalue weighted by atomic mass is 19.1. The standard InChI is InChI=1S/C16H20FN5/c1-9-7-8-11-5-3-4-6-12(11)13(9)19-16-21-14(10(2)17)20-15(18)22-16/h3-6,9-10,13H,7-8H2,1-2H3,(H3,18,19,20,21,22)/t9-,10+,13?/m0/s1. The second-order valence-corrected chi connectivity index (χ2v) is 5.83. The monoisotopic (exact) mass is 301 g/mol. The molecule has 5 nitrogen and oxygen atoms in total. The largest absolute Gasteiger partial charge is 0.368 e. The van der Waals surface area contributed by atoms with Gasteiger partial charge < -0.3 is 11.1 Å². The number of nitrogens with one attached hydrogen (secondary N) is 1. The van der Waals surface area contributed by atoms with Crippen LogP contribution < -0.4 is 11.1 Å². The first kappa shape index (κ1) is 14.7. The average molecular weight is 301 g/mol. The van der Waals surface area contributed by atoms with Gasteiger partial charge in [0, 0.05) is 0 Å². The summed E-state index contributed by atoms with van der Waals surface area (Å²) in [5.74, 6) is 0.861. The average Bonchev–Trinajstić information content (AvgIpc) is 2.49. The zero-order valence-electron chi connectivity index (χ0n) is 12.8. The molecule has 1 aromatic heterocycles. The first-order valence-corrected chi connectivity index (χ1v) is 7.54. The zero-order valence-corrected chi connectivity index (χ0v) is 12.8. The number of nitrogen functional groups attached to an aromatic ring is 1. The molecular weight excluding hydrogens is 281 g/mol. The van der Waals surface area contributed by atoms with Crippen molar-refractivity contribution in [2.45, 2.75) is 38.9 Å². The summed E-state index contributed by atoms with van der Waals surface area (Å²) in [6, 6.07) is 8.44. The van der Waals surface area contributed by atoms with E-state index in [1.807, 2.05) is 6.07 Å². The molecule has 1 aliphatic carbocycles. The van der Waals surface area contributed by atoms with Crippen molar-refractivity contribution in [3.63, 3.8) is 0 Å². The van der Waals surface area contributed by atoms with Gasteiger partial charge in [0.25, 0.3) is 0 Å². The van der Waals surface area contributed by atoms with Crippen molar-refractivity contribution < 1.29 is 4.39 Å². The van der Waals surface area contributed by atoms with E-state index in [1.165, 1.54) is 18.1 Å². The Hall–Kier alpha value is -2.24. The van der Waals surface area contributed by atoms with Gasteiger partial charge >= 0.3 is 0 Å². The van der Waals surface area contributed by atoms with Crippen LogP contribution in [0.2, 0.25) is 0 Å². The number of anilines is 2. The summed E-state index contributed by atoms with van der Waals surface area (Å²) in [4.78, 5) is 12.1. The minimum Gasteiger partial charge on any atom is -0.368 e. The molecule has 3 rings (SSSR count). The Morgan fingerprint density at radius 1 is 1.27 bits per heavy atom. The van der Waals surface area contributed by atoms with Gasteiger partial charge in [0.1, 0.15) is 0 Å². The third-order valence-electron chi connectivity index (χ3n) is 4.14. The molecular formula is C16H20FN5. The summed E-state index contributed by atoms with van der Waals surface area (Å²) in [5.41, 5.74) is 8.24. The predicted octanol–water partition coefficient (Wildman–Crippen LogP) is 3.22. The number of halogens is 1. The highest BCUT2D eigenvalue weighted by Gasteiger charge is 2.27. The number of aromatic nitrogens is 3. The molecule has 6 heteroatoms. The molecule has 1 heterocycles. The quantitative estimate of drug-likeness (QED) is 0.910. The van der Waals surface area contributed by atoms with Crippen LogP contribution in [0.4, 0.5) is 16.3 Å². The van der Waals surface area contributed by atoms with Crippen LogP contribution >= 0.6 is 0 Å². The predicted molar refractivity (Wildman–Crippen MR) is 84.1 cm³/mol. The van der Waals surface area contributed by atoms with E-state index >= 15 is 0 Å². The van der Waals surface area contributed by atoms with E-state index in [1.54, 1.807) is 0 Å². The van der Waals surface area contributed by atoms with Crippen molar-refractivity contribution in [2.75, 3.05) is 11.1 Å². The van der Waals surface area contributed by atoms with Gasteiger partial charge in [0.05, 0.1) is 6.04 Å². The molecule has 1 unspecified atom stereocenters. The van der Waals surface area contributed by atoms with Crippen LogP contribution in [0.1, 0.15) is 49.4 Å². The lowest BCUT2D eigenvalue weighted by molar-refractivity contribution is 0.356. The maximum absolute atomic E-state index is 13.5. The number of hydrogen-bond acceptors (Lipinski definition) is 5. The second-order valence-electron chi connectivity index (χ2n) is 5.83. The van der Waals surface area contributed by atoms with E-state index in [0.29, 0.717) is 11.9 Å². The number of benzene rings is 1. The van der Waals surface area contributed by atoms with Gasteiger partial charge in [-0.15, -0.1) is 0 Å². The number of aryl methyl sites for hydroxylation is 1. The molecule has 1 aromatic carbocycles. The molecule has 0 fully saturated rings. The summed E-state index contributed by atoms with van der Waals surface area (Å²) in [6.45, 7) is 3.58. The molecule has 2 aromatic rings. The summed E-state index contributed by atoms with van der Waals surface area (Å²) < 4.78 is 13.5. The van der Waals surface area contributed by atoms with E-state index in [0.717, 1.165) is 12.8 Å². The molecule has 0 aliphatic heterocycles. The van der Waals surface area contributed by atoms with Gasteiger partial charge in [-0.3, -0.25) is 0 Å². The number of nitrogens with two attached hydrogens (primary N) is 1. The molecule has 22 heavy (non-hydrogen) atoms. The molecule has 116 valence electrons. The minimum atomic E-state index is -1.28. The van der Waals surface area contributed by atoms with Gasteiger partial charge in [-0.2, -0.15) is 15.0 Å². The highest BCUT2D eigenvalue weighted by Crippen LogP contribution is 2.36. The SMILES string of the molecule is C[C@@H](F)c1nc(N)nc(NC2c3ccccc3CC[C@@H]2C)n1. The fourth-order valence-electron chi connectivity index (χ4n) is 2.93. The molecule has 0 spiro atoms. The van der Waals surface area contributed by atoms with Crippen molar-refractivity contribution in [3.05, 3.63) is 41.2 Å². The number of rotatable bonds is 3. The summed E-state index contributed by atoms with van der Waals surface area (Å²) in [5, 5.41) is 3.31. The molecule has 0 bridgehead atoms. The lowest BCUT2D eigenvalue weighted by atomic mass is 9.81. The van der Waals surface area contributed by atoms with Crippen molar-refractivity contribution in [1.29, 1.82) is 0 Å². The van der Waals surface area contributed by atoms with Crippen LogP contribution in [0, 0.1) is 5.92 Å². The summed E-state index contributed by atoms with van der Waals surface area (Å²) in [7, 11) is 0. The number of hydrogen-bond donors (Lipinski definition) is 2. The Morgan fingerprint density at radius 3 is 2.82 bits per heavy atom. The molecule has 0 saturated carbocycles. The lowest BCUT2D eigenvalue weighted by Gasteiger charge is -2.32.